The second-order valence-electron chi connectivity index (χ2n) is 4.79. The maximum Gasteiger partial charge on any atom is 0.337 e. The first kappa shape index (κ1) is 15.4. The van der Waals surface area contributed by atoms with Gasteiger partial charge in [0, 0.05) is 0 Å². The van der Waals surface area contributed by atoms with Gasteiger partial charge >= 0.3 is 5.97 Å². The van der Waals surface area contributed by atoms with Gasteiger partial charge in [0.15, 0.2) is 9.76 Å². The van der Waals surface area contributed by atoms with Crippen molar-refractivity contribution in [3.8, 4) is 0 Å². The summed E-state index contributed by atoms with van der Waals surface area (Å²) in [4.78, 5) is 20.5. The van der Waals surface area contributed by atoms with Crippen molar-refractivity contribution >= 4 is 24.0 Å². The molecule has 0 aromatic heterocycles. The Bertz CT molecular complexity index is 281. The zero-order valence-corrected chi connectivity index (χ0v) is 13.4. The smallest absolute Gasteiger partial charge is 0.337 e. The minimum absolute atomic E-state index is 0.345. The molecule has 6 heteroatoms. The quantitative estimate of drug-likeness (QED) is 0.349. The number of allylic oxidation sites excluding steroid dienone is 1. The van der Waals surface area contributed by atoms with E-state index >= 15 is 0 Å². The Labute approximate surface area is 101 Å². The van der Waals surface area contributed by atoms with Gasteiger partial charge in [-0.3, -0.25) is 0 Å². The third-order valence-corrected chi connectivity index (χ3v) is 3.46. The second-order valence-corrected chi connectivity index (χ2v) is 10.7. The van der Waals surface area contributed by atoms with E-state index in [9.17, 15) is 4.79 Å². The normalized spacial score (nSPS) is 15.9. The molecule has 94 valence electrons. The number of carbonyl (C=O) groups is 1. The SMILES string of the molecule is CC(O[Si](C)(C)C)=C(C)C(=O)OC(C)[SiH2]O. The number of esters is 1. The Kier molecular flexibility index (Phi) is 5.98. The zero-order chi connectivity index (χ0) is 12.9. The molecule has 0 aliphatic carbocycles. The molecule has 0 aromatic rings. The van der Waals surface area contributed by atoms with Crippen molar-refractivity contribution in [1.29, 1.82) is 0 Å². The van der Waals surface area contributed by atoms with Crippen LogP contribution in [0.2, 0.25) is 19.6 Å². The van der Waals surface area contributed by atoms with Crippen LogP contribution < -0.4 is 0 Å². The lowest BCUT2D eigenvalue weighted by atomic mass is 10.3. The predicted octanol–water partition coefficient (Wildman–Crippen LogP) is 1.10. The summed E-state index contributed by atoms with van der Waals surface area (Å²) in [5, 5.41) is 0. The molecule has 0 aliphatic rings. The zero-order valence-electron chi connectivity index (χ0n) is 11.0. The third kappa shape index (κ3) is 6.09. The lowest BCUT2D eigenvalue weighted by Crippen LogP contribution is -2.26. The first-order valence-corrected chi connectivity index (χ1v) is 10.2. The predicted molar refractivity (Wildman–Crippen MR) is 69.1 cm³/mol. The first-order valence-electron chi connectivity index (χ1n) is 5.35. The monoisotopic (exact) mass is 262 g/mol. The van der Waals surface area contributed by atoms with E-state index in [1.807, 2.05) is 0 Å². The minimum atomic E-state index is -1.68. The topological polar surface area (TPSA) is 55.8 Å². The molecule has 0 heterocycles. The molecule has 1 unspecified atom stereocenters. The van der Waals surface area contributed by atoms with Crippen LogP contribution in [0.1, 0.15) is 20.8 Å². The van der Waals surface area contributed by atoms with Crippen LogP contribution in [0.3, 0.4) is 0 Å². The van der Waals surface area contributed by atoms with Crippen LogP contribution in [0.5, 0.6) is 0 Å². The lowest BCUT2D eigenvalue weighted by Gasteiger charge is -2.21. The number of hydrogen-bond donors (Lipinski definition) is 1. The highest BCUT2D eigenvalue weighted by Gasteiger charge is 2.20. The Hall–Kier alpha value is -0.596. The summed E-state index contributed by atoms with van der Waals surface area (Å²) in [6.45, 7) is 11.3. The summed E-state index contributed by atoms with van der Waals surface area (Å²) in [6.07, 6.45) is 0. The van der Waals surface area contributed by atoms with Crippen molar-refractivity contribution in [1.82, 2.24) is 0 Å². The summed E-state index contributed by atoms with van der Waals surface area (Å²) < 4.78 is 10.7. The fourth-order valence-corrected chi connectivity index (χ4v) is 2.29. The minimum Gasteiger partial charge on any atom is -0.547 e. The van der Waals surface area contributed by atoms with E-state index in [1.54, 1.807) is 20.8 Å². The summed E-state index contributed by atoms with van der Waals surface area (Å²) in [6, 6.07) is 0. The average molecular weight is 262 g/mol. The molecule has 0 saturated heterocycles. The van der Waals surface area contributed by atoms with Crippen molar-refractivity contribution in [2.75, 3.05) is 0 Å². The molecule has 0 rings (SSSR count). The first-order chi connectivity index (χ1) is 7.17. The maximum absolute atomic E-state index is 11.6. The highest BCUT2D eigenvalue weighted by molar-refractivity contribution is 6.70. The number of ether oxygens (including phenoxy) is 1. The average Bonchev–Trinajstić information content (AvgIpc) is 2.13. The van der Waals surface area contributed by atoms with E-state index in [-0.39, 0.29) is 5.73 Å². The van der Waals surface area contributed by atoms with E-state index < -0.39 is 24.0 Å². The maximum atomic E-state index is 11.6. The van der Waals surface area contributed by atoms with Crippen LogP contribution in [0.15, 0.2) is 11.3 Å². The van der Waals surface area contributed by atoms with E-state index in [1.165, 1.54) is 0 Å². The number of carbonyl (C=O) groups excluding carboxylic acids is 1. The Balaban J connectivity index is 4.56. The fraction of sp³-hybridized carbons (Fsp3) is 0.700. The van der Waals surface area contributed by atoms with Gasteiger partial charge in [-0.05, 0) is 40.4 Å². The highest BCUT2D eigenvalue weighted by atomic mass is 28.4. The van der Waals surface area contributed by atoms with E-state index in [0.29, 0.717) is 11.3 Å². The molecular weight excluding hydrogens is 240 g/mol. The van der Waals surface area contributed by atoms with Crippen LogP contribution in [-0.4, -0.2) is 34.6 Å². The highest BCUT2D eigenvalue weighted by Crippen LogP contribution is 2.14. The van der Waals surface area contributed by atoms with Gasteiger partial charge in [0.05, 0.1) is 11.3 Å². The summed E-state index contributed by atoms with van der Waals surface area (Å²) in [5.74, 6) is 0.223. The Morgan fingerprint density at radius 2 is 1.81 bits per heavy atom. The van der Waals surface area contributed by atoms with Gasteiger partial charge in [0.2, 0.25) is 8.32 Å². The fourth-order valence-electron chi connectivity index (χ4n) is 0.988. The van der Waals surface area contributed by atoms with E-state index in [0.717, 1.165) is 0 Å². The van der Waals surface area contributed by atoms with Crippen LogP contribution >= 0.6 is 0 Å². The van der Waals surface area contributed by atoms with Gasteiger partial charge in [-0.2, -0.15) is 0 Å². The van der Waals surface area contributed by atoms with Gasteiger partial charge in [-0.1, -0.05) is 0 Å². The van der Waals surface area contributed by atoms with Crippen molar-refractivity contribution in [3.05, 3.63) is 11.3 Å². The lowest BCUT2D eigenvalue weighted by molar-refractivity contribution is -0.140. The van der Waals surface area contributed by atoms with E-state index in [4.69, 9.17) is 14.0 Å². The third-order valence-electron chi connectivity index (χ3n) is 1.86. The molecule has 1 atom stereocenters. The molecule has 16 heavy (non-hydrogen) atoms. The molecule has 4 nitrogen and oxygen atoms in total. The van der Waals surface area contributed by atoms with Crippen molar-refractivity contribution in [2.45, 2.75) is 46.1 Å². The van der Waals surface area contributed by atoms with Crippen molar-refractivity contribution < 1.29 is 18.8 Å². The number of hydrogen-bond acceptors (Lipinski definition) is 4. The summed E-state index contributed by atoms with van der Waals surface area (Å²) >= 11 is 0. The molecule has 0 bridgehead atoms. The molecular formula is C10H22O4Si2. The van der Waals surface area contributed by atoms with Crippen LogP contribution in [0.25, 0.3) is 0 Å². The molecule has 0 aliphatic heterocycles. The van der Waals surface area contributed by atoms with Gasteiger partial charge in [-0.25, -0.2) is 4.79 Å². The van der Waals surface area contributed by atoms with Crippen LogP contribution in [-0.2, 0) is 14.0 Å². The van der Waals surface area contributed by atoms with Gasteiger partial charge in [-0.15, -0.1) is 0 Å². The standard InChI is InChI=1S/C10H22O4Si2/c1-7(8(2)14-16(4,5)6)10(11)13-9(3)15-12/h9,12H,15H2,1-6H3. The summed E-state index contributed by atoms with van der Waals surface area (Å²) in [5.41, 5.74) is 0.138. The van der Waals surface area contributed by atoms with E-state index in [2.05, 4.69) is 19.6 Å². The van der Waals surface area contributed by atoms with Crippen LogP contribution in [0, 0.1) is 0 Å². The molecule has 0 spiro atoms. The molecule has 0 amide bonds. The van der Waals surface area contributed by atoms with Gasteiger partial charge in [0.25, 0.3) is 0 Å². The van der Waals surface area contributed by atoms with Crippen molar-refractivity contribution in [2.24, 2.45) is 0 Å². The molecule has 1 N–H and O–H groups in total. The van der Waals surface area contributed by atoms with Gasteiger partial charge < -0.3 is 14.0 Å². The Morgan fingerprint density at radius 1 is 1.31 bits per heavy atom. The Morgan fingerprint density at radius 3 is 2.19 bits per heavy atom. The molecule has 0 aromatic carbocycles. The largest absolute Gasteiger partial charge is 0.547 e. The molecule has 0 radical (unpaired) electrons. The second kappa shape index (κ2) is 6.22. The van der Waals surface area contributed by atoms with Crippen molar-refractivity contribution in [3.63, 3.8) is 0 Å². The molecule has 0 saturated carbocycles. The summed E-state index contributed by atoms with van der Waals surface area (Å²) in [7, 11) is -2.98. The van der Waals surface area contributed by atoms with Crippen LogP contribution in [0.4, 0.5) is 0 Å². The molecule has 0 fully saturated rings. The van der Waals surface area contributed by atoms with Gasteiger partial charge in [0.1, 0.15) is 5.73 Å². The number of rotatable bonds is 5.